The second-order valence-corrected chi connectivity index (χ2v) is 5.71. The number of halogens is 2. The average Bonchev–Trinajstić information content (AvgIpc) is 2.54. The van der Waals surface area contributed by atoms with E-state index in [-0.39, 0.29) is 22.8 Å². The van der Waals surface area contributed by atoms with Crippen molar-refractivity contribution in [3.8, 4) is 5.75 Å². The highest BCUT2D eigenvalue weighted by Crippen LogP contribution is 2.38. The maximum atomic E-state index is 14.3. The molecule has 1 aromatic carbocycles. The molecule has 2 rings (SSSR count). The summed E-state index contributed by atoms with van der Waals surface area (Å²) in [6, 6.07) is 3.70. The number of pyridine rings is 1. The number of rotatable bonds is 6. The quantitative estimate of drug-likeness (QED) is 0.660. The van der Waals surface area contributed by atoms with Crippen LogP contribution in [0.3, 0.4) is 0 Å². The minimum atomic E-state index is -1.42. The maximum Gasteiger partial charge on any atom is 0.343 e. The molecule has 0 spiro atoms. The third-order valence-electron chi connectivity index (χ3n) is 3.67. The predicted molar refractivity (Wildman–Crippen MR) is 90.2 cm³/mol. The van der Waals surface area contributed by atoms with Gasteiger partial charge in [0.15, 0.2) is 0 Å². The molecule has 0 amide bonds. The van der Waals surface area contributed by atoms with Crippen LogP contribution in [0, 0.1) is 5.82 Å². The second kappa shape index (κ2) is 8.01. The molecular weight excluding hydrogens is 369 g/mol. The van der Waals surface area contributed by atoms with Crippen LogP contribution >= 0.6 is 11.6 Å². The maximum absolute atomic E-state index is 14.3. The van der Waals surface area contributed by atoms with E-state index in [1.165, 1.54) is 12.1 Å². The first-order chi connectivity index (χ1) is 12.3. The number of carboxylic acid groups (broad SMARTS) is 1. The van der Waals surface area contributed by atoms with Gasteiger partial charge in [-0.25, -0.2) is 9.18 Å². The highest BCUT2D eigenvalue weighted by molar-refractivity contribution is 6.31. The molecule has 0 aliphatic heterocycles. The summed E-state index contributed by atoms with van der Waals surface area (Å²) in [4.78, 5) is 37.7. The van der Waals surface area contributed by atoms with Crippen molar-refractivity contribution in [3.63, 3.8) is 0 Å². The summed E-state index contributed by atoms with van der Waals surface area (Å²) < 4.78 is 19.1. The SMILES string of the molecule is CCOC(=O)c1c[nH]c(=O)c([C@@H](CC(=O)O)c2c(F)cccc2Cl)c1O. The number of aromatic nitrogens is 1. The second-order valence-electron chi connectivity index (χ2n) is 5.30. The van der Waals surface area contributed by atoms with Gasteiger partial charge in [0.1, 0.15) is 17.1 Å². The Labute approximate surface area is 152 Å². The average molecular weight is 384 g/mol. The van der Waals surface area contributed by atoms with E-state index in [2.05, 4.69) is 4.98 Å². The zero-order chi connectivity index (χ0) is 19.4. The Hall–Kier alpha value is -2.87. The lowest BCUT2D eigenvalue weighted by molar-refractivity contribution is -0.137. The highest BCUT2D eigenvalue weighted by Gasteiger charge is 2.31. The Kier molecular flexibility index (Phi) is 5.99. The Morgan fingerprint density at radius 1 is 1.35 bits per heavy atom. The number of hydrogen-bond acceptors (Lipinski definition) is 5. The van der Waals surface area contributed by atoms with Gasteiger partial charge in [0.2, 0.25) is 0 Å². The molecular formula is C17H15ClFNO6. The molecule has 3 N–H and O–H groups in total. The first-order valence-corrected chi connectivity index (χ1v) is 7.93. The number of carboxylic acids is 1. The van der Waals surface area contributed by atoms with Gasteiger partial charge in [-0.1, -0.05) is 17.7 Å². The van der Waals surface area contributed by atoms with Crippen molar-refractivity contribution in [2.45, 2.75) is 19.3 Å². The van der Waals surface area contributed by atoms with Gasteiger partial charge >= 0.3 is 11.9 Å². The van der Waals surface area contributed by atoms with Gasteiger partial charge in [-0.05, 0) is 19.1 Å². The third kappa shape index (κ3) is 3.85. The van der Waals surface area contributed by atoms with E-state index >= 15 is 0 Å². The topological polar surface area (TPSA) is 117 Å². The number of aromatic amines is 1. The van der Waals surface area contributed by atoms with Crippen molar-refractivity contribution < 1.29 is 28.9 Å². The lowest BCUT2D eigenvalue weighted by Gasteiger charge is -2.19. The molecule has 1 aromatic heterocycles. The summed E-state index contributed by atoms with van der Waals surface area (Å²) in [7, 11) is 0. The summed E-state index contributed by atoms with van der Waals surface area (Å²) in [6.07, 6.45) is 0.212. The molecule has 26 heavy (non-hydrogen) atoms. The molecule has 7 nitrogen and oxygen atoms in total. The van der Waals surface area contributed by atoms with Crippen LogP contribution in [0.2, 0.25) is 5.02 Å². The molecule has 0 unspecified atom stereocenters. The summed E-state index contributed by atoms with van der Waals surface area (Å²) in [5, 5.41) is 19.5. The Morgan fingerprint density at radius 2 is 2.04 bits per heavy atom. The smallest absolute Gasteiger partial charge is 0.343 e. The highest BCUT2D eigenvalue weighted by atomic mass is 35.5. The fourth-order valence-electron chi connectivity index (χ4n) is 2.59. The van der Waals surface area contributed by atoms with Crippen molar-refractivity contribution in [2.24, 2.45) is 0 Å². The van der Waals surface area contributed by atoms with Crippen molar-refractivity contribution in [1.82, 2.24) is 4.98 Å². The first kappa shape index (κ1) is 19.5. The molecule has 1 atom stereocenters. The third-order valence-corrected chi connectivity index (χ3v) is 4.00. The van der Waals surface area contributed by atoms with Crippen LogP contribution in [0.25, 0.3) is 0 Å². The number of nitrogens with one attached hydrogen (secondary N) is 1. The van der Waals surface area contributed by atoms with Crippen molar-refractivity contribution in [1.29, 1.82) is 0 Å². The standard InChI is InChI=1S/C17H15ClFNO6/c1-2-26-17(25)9-7-20-16(24)14(15(9)23)8(6-12(21)22)13-10(18)4-3-5-11(13)19/h3-5,7-8H,2,6H2,1H3,(H,21,22)(H2,20,23,24)/t8-/m0/s1. The number of hydrogen-bond donors (Lipinski definition) is 3. The van der Waals surface area contributed by atoms with E-state index in [0.717, 1.165) is 12.3 Å². The van der Waals surface area contributed by atoms with Gasteiger partial charge in [-0.3, -0.25) is 9.59 Å². The number of benzene rings is 1. The number of aliphatic carboxylic acids is 1. The van der Waals surface area contributed by atoms with Gasteiger partial charge in [0, 0.05) is 22.7 Å². The van der Waals surface area contributed by atoms with Gasteiger partial charge in [0.05, 0.1) is 18.6 Å². The first-order valence-electron chi connectivity index (χ1n) is 7.55. The number of esters is 1. The van der Waals surface area contributed by atoms with Crippen LogP contribution in [0.4, 0.5) is 4.39 Å². The van der Waals surface area contributed by atoms with Crippen LogP contribution < -0.4 is 5.56 Å². The number of aromatic hydroxyl groups is 1. The molecule has 0 fully saturated rings. The lowest BCUT2D eigenvalue weighted by Crippen LogP contribution is -2.22. The summed E-state index contributed by atoms with van der Waals surface area (Å²) in [5.74, 6) is -5.31. The predicted octanol–water partition coefficient (Wildman–Crippen LogP) is 2.66. The monoisotopic (exact) mass is 383 g/mol. The van der Waals surface area contributed by atoms with E-state index in [1.807, 2.05) is 0 Å². The van der Waals surface area contributed by atoms with Crippen molar-refractivity contribution >= 4 is 23.5 Å². The zero-order valence-corrected chi connectivity index (χ0v) is 14.3. The van der Waals surface area contributed by atoms with Crippen LogP contribution in [-0.2, 0) is 9.53 Å². The van der Waals surface area contributed by atoms with Crippen LogP contribution in [-0.4, -0.2) is 33.7 Å². The van der Waals surface area contributed by atoms with Gasteiger partial charge < -0.3 is 19.9 Å². The number of ether oxygens (including phenoxy) is 1. The minimum absolute atomic E-state index is 0.0183. The molecule has 0 bridgehead atoms. The van der Waals surface area contributed by atoms with E-state index in [9.17, 15) is 29.0 Å². The van der Waals surface area contributed by atoms with E-state index in [0.29, 0.717) is 0 Å². The fraction of sp³-hybridized carbons (Fsp3) is 0.235. The van der Waals surface area contributed by atoms with Crippen molar-refractivity contribution in [2.75, 3.05) is 6.61 Å². The number of carbonyl (C=O) groups is 2. The minimum Gasteiger partial charge on any atom is -0.506 e. The normalized spacial score (nSPS) is 11.8. The molecule has 0 aliphatic carbocycles. The number of H-pyrrole nitrogens is 1. The summed E-state index contributed by atoms with van der Waals surface area (Å²) in [6.45, 7) is 1.57. The van der Waals surface area contributed by atoms with E-state index in [1.54, 1.807) is 6.92 Å². The molecule has 138 valence electrons. The van der Waals surface area contributed by atoms with Crippen LogP contribution in [0.1, 0.15) is 40.7 Å². The molecule has 0 saturated carbocycles. The van der Waals surface area contributed by atoms with E-state index in [4.69, 9.17) is 16.3 Å². The van der Waals surface area contributed by atoms with Gasteiger partial charge in [-0.2, -0.15) is 0 Å². The van der Waals surface area contributed by atoms with Gasteiger partial charge in [0.25, 0.3) is 5.56 Å². The molecule has 1 heterocycles. The lowest BCUT2D eigenvalue weighted by atomic mass is 9.87. The zero-order valence-electron chi connectivity index (χ0n) is 13.6. The molecule has 9 heteroatoms. The van der Waals surface area contributed by atoms with Crippen LogP contribution in [0.15, 0.2) is 29.2 Å². The van der Waals surface area contributed by atoms with Crippen LogP contribution in [0.5, 0.6) is 5.75 Å². The summed E-state index contributed by atoms with van der Waals surface area (Å²) >= 11 is 6.00. The molecule has 0 saturated heterocycles. The number of carbonyl (C=O) groups excluding carboxylic acids is 1. The molecule has 2 aromatic rings. The molecule has 0 radical (unpaired) electrons. The Morgan fingerprint density at radius 3 is 2.62 bits per heavy atom. The molecule has 0 aliphatic rings. The Bertz CT molecular complexity index is 890. The van der Waals surface area contributed by atoms with Gasteiger partial charge in [-0.15, -0.1) is 0 Å². The van der Waals surface area contributed by atoms with E-state index < -0.39 is 47.0 Å². The largest absolute Gasteiger partial charge is 0.506 e. The van der Waals surface area contributed by atoms with Crippen molar-refractivity contribution in [3.05, 3.63) is 62.3 Å². The summed E-state index contributed by atoms with van der Waals surface area (Å²) in [5.41, 5.74) is -1.99. The Balaban J connectivity index is 2.74. The fourth-order valence-corrected chi connectivity index (χ4v) is 2.89.